The summed E-state index contributed by atoms with van der Waals surface area (Å²) in [6.07, 6.45) is 0.629. The Morgan fingerprint density at radius 3 is 2.76 bits per heavy atom. The van der Waals surface area contributed by atoms with Crippen LogP contribution in [0.1, 0.15) is 36.2 Å². The van der Waals surface area contributed by atoms with Crippen molar-refractivity contribution in [2.45, 2.75) is 31.7 Å². The third-order valence-corrected chi connectivity index (χ3v) is 7.17. The molecule has 1 amide bonds. The molecule has 171 valence electrons. The molecule has 0 atom stereocenters. The molecule has 0 bridgehead atoms. The van der Waals surface area contributed by atoms with E-state index in [2.05, 4.69) is 20.9 Å². The number of fused-ring (bicyclic) bond motifs is 1. The molecule has 3 heterocycles. The maximum Gasteiger partial charge on any atom is 0.286 e. The van der Waals surface area contributed by atoms with Crippen LogP contribution in [0.25, 0.3) is 10.6 Å². The van der Waals surface area contributed by atoms with Gasteiger partial charge in [0.2, 0.25) is 0 Å². The summed E-state index contributed by atoms with van der Waals surface area (Å²) in [5.41, 5.74) is 4.15. The summed E-state index contributed by atoms with van der Waals surface area (Å²) < 4.78 is 30.6. The van der Waals surface area contributed by atoms with Crippen molar-refractivity contribution in [1.29, 1.82) is 0 Å². The number of anilines is 1. The molecule has 1 radical (unpaired) electrons. The first-order chi connectivity index (χ1) is 15.6. The minimum atomic E-state index is -4.32. The molecule has 0 saturated heterocycles. The number of rotatable bonds is 6. The van der Waals surface area contributed by atoms with Crippen molar-refractivity contribution in [2.75, 3.05) is 5.32 Å². The quantitative estimate of drug-likeness (QED) is 0.482. The maximum absolute atomic E-state index is 13.3. The summed E-state index contributed by atoms with van der Waals surface area (Å²) in [6.45, 7) is 4.23. The standard InChI is InChI=1S/C21H20N5O5S2/c1-11(2)8-9-26-21(29)15(18(27)17(24-26)13-6-4-10-32-13)20-23-16-12(19(22)28)5-3-7-14(16)33(30,31)25-20/h4-7,10-11,27H,8-9H2,1-2H3,(H2,22,28)(H,23,25). The zero-order chi connectivity index (χ0) is 23.9. The minimum Gasteiger partial charge on any atom is -0.505 e. The third-order valence-electron chi connectivity index (χ3n) is 5.00. The first-order valence-electron chi connectivity index (χ1n) is 9.94. The SMILES string of the molecule is CC(C)CCn1nc(-c2cccs2)c(O)c(C2=NS(=O)(=O)c3c[c]cc(C(N)=O)c3N2)c1=O. The Balaban J connectivity index is 1.96. The van der Waals surface area contributed by atoms with Crippen LogP contribution in [0, 0.1) is 12.0 Å². The molecule has 1 aromatic carbocycles. The lowest BCUT2D eigenvalue weighted by molar-refractivity contribution is 0.100. The van der Waals surface area contributed by atoms with E-state index in [4.69, 9.17) is 5.73 Å². The van der Waals surface area contributed by atoms with Crippen molar-refractivity contribution in [3.05, 3.63) is 57.2 Å². The van der Waals surface area contributed by atoms with Crippen molar-refractivity contribution in [3.8, 4) is 16.3 Å². The number of amidine groups is 1. The Bertz CT molecular complexity index is 1440. The zero-order valence-corrected chi connectivity index (χ0v) is 19.3. The maximum atomic E-state index is 13.3. The number of carbonyl (C=O) groups excluding carboxylic acids is 1. The average Bonchev–Trinajstić information content (AvgIpc) is 3.27. The summed E-state index contributed by atoms with van der Waals surface area (Å²) in [6, 6.07) is 8.42. The number of carbonyl (C=O) groups is 1. The highest BCUT2D eigenvalue weighted by Crippen LogP contribution is 2.35. The Kier molecular flexibility index (Phi) is 5.80. The van der Waals surface area contributed by atoms with E-state index in [1.165, 1.54) is 22.1 Å². The molecular weight excluding hydrogens is 466 g/mol. The predicted octanol–water partition coefficient (Wildman–Crippen LogP) is 2.18. The average molecular weight is 487 g/mol. The van der Waals surface area contributed by atoms with E-state index in [1.54, 1.807) is 17.5 Å². The fraction of sp³-hybridized carbons (Fsp3) is 0.238. The van der Waals surface area contributed by atoms with Gasteiger partial charge in [0.25, 0.3) is 21.5 Å². The van der Waals surface area contributed by atoms with Crippen molar-refractivity contribution in [1.82, 2.24) is 9.78 Å². The molecule has 33 heavy (non-hydrogen) atoms. The lowest BCUT2D eigenvalue weighted by atomic mass is 10.1. The smallest absolute Gasteiger partial charge is 0.286 e. The highest BCUT2D eigenvalue weighted by molar-refractivity contribution is 7.90. The van der Waals surface area contributed by atoms with E-state index < -0.39 is 33.1 Å². The van der Waals surface area contributed by atoms with Crippen LogP contribution in [0.15, 0.2) is 43.7 Å². The number of nitrogens with zero attached hydrogens (tertiary/aromatic N) is 3. The number of benzene rings is 1. The van der Waals surface area contributed by atoms with E-state index in [1.807, 2.05) is 13.8 Å². The molecule has 4 N–H and O–H groups in total. The summed E-state index contributed by atoms with van der Waals surface area (Å²) in [5, 5.41) is 19.8. The zero-order valence-electron chi connectivity index (χ0n) is 17.7. The number of hydrogen-bond acceptors (Lipinski definition) is 8. The van der Waals surface area contributed by atoms with E-state index in [0.29, 0.717) is 11.3 Å². The second-order valence-corrected chi connectivity index (χ2v) is 10.3. The van der Waals surface area contributed by atoms with Crippen molar-refractivity contribution in [3.63, 3.8) is 0 Å². The van der Waals surface area contributed by atoms with E-state index in [9.17, 15) is 23.1 Å². The number of primary amides is 1. The summed E-state index contributed by atoms with van der Waals surface area (Å²) >= 11 is 1.30. The number of nitrogens with two attached hydrogens (primary N) is 1. The molecule has 10 nitrogen and oxygen atoms in total. The summed E-state index contributed by atoms with van der Waals surface area (Å²) in [7, 11) is -4.32. The lowest BCUT2D eigenvalue weighted by Crippen LogP contribution is -2.35. The van der Waals surface area contributed by atoms with Gasteiger partial charge in [0.1, 0.15) is 16.2 Å². The van der Waals surface area contributed by atoms with E-state index in [0.717, 1.165) is 6.07 Å². The van der Waals surface area contributed by atoms with Crippen LogP contribution in [0.5, 0.6) is 5.75 Å². The van der Waals surface area contributed by atoms with Gasteiger partial charge in [0, 0.05) is 6.54 Å². The van der Waals surface area contributed by atoms with Gasteiger partial charge in [0.05, 0.1) is 16.1 Å². The lowest BCUT2D eigenvalue weighted by Gasteiger charge is -2.21. The Labute approximate surface area is 193 Å². The molecule has 0 saturated carbocycles. The number of nitrogens with one attached hydrogen (secondary N) is 1. The molecule has 1 aliphatic rings. The fourth-order valence-electron chi connectivity index (χ4n) is 3.31. The third kappa shape index (κ3) is 4.14. The van der Waals surface area contributed by atoms with Gasteiger partial charge in [-0.05, 0) is 42.0 Å². The molecule has 2 aromatic heterocycles. The van der Waals surface area contributed by atoms with Gasteiger partial charge in [-0.1, -0.05) is 19.9 Å². The number of aryl methyl sites for hydroxylation is 1. The van der Waals surface area contributed by atoms with Gasteiger partial charge in [0.15, 0.2) is 11.6 Å². The number of aromatic nitrogens is 2. The number of thiophene rings is 1. The molecule has 0 unspecified atom stereocenters. The van der Waals surface area contributed by atoms with Crippen LogP contribution in [-0.4, -0.2) is 35.0 Å². The molecule has 0 fully saturated rings. The second-order valence-electron chi connectivity index (χ2n) is 7.77. The Morgan fingerprint density at radius 2 is 2.12 bits per heavy atom. The normalized spacial score (nSPS) is 14.5. The van der Waals surface area contributed by atoms with Crippen LogP contribution in [0.2, 0.25) is 0 Å². The first kappa shape index (κ1) is 22.7. The monoisotopic (exact) mass is 486 g/mol. The van der Waals surface area contributed by atoms with E-state index in [-0.39, 0.29) is 39.9 Å². The van der Waals surface area contributed by atoms with Gasteiger partial charge in [-0.3, -0.25) is 9.59 Å². The van der Waals surface area contributed by atoms with Gasteiger partial charge in [-0.15, -0.1) is 15.7 Å². The number of amides is 1. The number of aromatic hydroxyl groups is 1. The van der Waals surface area contributed by atoms with Crippen LogP contribution in [-0.2, 0) is 16.6 Å². The predicted molar refractivity (Wildman–Crippen MR) is 124 cm³/mol. The minimum absolute atomic E-state index is 0.118. The van der Waals surface area contributed by atoms with Crippen LogP contribution in [0.3, 0.4) is 0 Å². The summed E-state index contributed by atoms with van der Waals surface area (Å²) in [5.74, 6) is -1.55. The van der Waals surface area contributed by atoms with Crippen molar-refractivity contribution in [2.24, 2.45) is 16.0 Å². The van der Waals surface area contributed by atoms with Gasteiger partial charge in [-0.2, -0.15) is 13.5 Å². The number of hydrogen-bond donors (Lipinski definition) is 3. The highest BCUT2D eigenvalue weighted by atomic mass is 32.2. The molecule has 4 rings (SSSR count). The van der Waals surface area contributed by atoms with E-state index >= 15 is 0 Å². The topological polar surface area (TPSA) is 157 Å². The Hall–Kier alpha value is -3.51. The largest absolute Gasteiger partial charge is 0.505 e. The fourth-order valence-corrected chi connectivity index (χ4v) is 5.13. The van der Waals surface area contributed by atoms with Crippen molar-refractivity contribution >= 4 is 38.8 Å². The van der Waals surface area contributed by atoms with Crippen molar-refractivity contribution < 1.29 is 18.3 Å². The van der Waals surface area contributed by atoms with Crippen LogP contribution in [0.4, 0.5) is 5.69 Å². The van der Waals surface area contributed by atoms with Gasteiger partial charge in [-0.25, -0.2) is 4.68 Å². The summed E-state index contributed by atoms with van der Waals surface area (Å²) in [4.78, 5) is 25.4. The van der Waals surface area contributed by atoms with Gasteiger partial charge >= 0.3 is 0 Å². The molecule has 0 aliphatic carbocycles. The first-order valence-corrected chi connectivity index (χ1v) is 12.3. The molecular formula is C21H20N5O5S2. The van der Waals surface area contributed by atoms with Crippen LogP contribution < -0.4 is 16.6 Å². The highest BCUT2D eigenvalue weighted by Gasteiger charge is 2.32. The molecule has 3 aromatic rings. The second kappa shape index (κ2) is 8.45. The molecule has 0 spiro atoms. The van der Waals surface area contributed by atoms with Gasteiger partial charge < -0.3 is 16.2 Å². The Morgan fingerprint density at radius 1 is 1.36 bits per heavy atom. The molecule has 1 aliphatic heterocycles. The van der Waals surface area contributed by atoms with Crippen LogP contribution >= 0.6 is 11.3 Å². The molecule has 12 heteroatoms. The number of sulfonamides is 1.